The summed E-state index contributed by atoms with van der Waals surface area (Å²) >= 11 is 0. The van der Waals surface area contributed by atoms with Crippen LogP contribution in [-0.2, 0) is 9.59 Å². The summed E-state index contributed by atoms with van der Waals surface area (Å²) in [6.45, 7) is 2.98. The number of aromatic amines is 1. The van der Waals surface area contributed by atoms with E-state index < -0.39 is 0 Å². The molecule has 2 aromatic carbocycles. The molecule has 0 radical (unpaired) electrons. The van der Waals surface area contributed by atoms with Gasteiger partial charge in [-0.1, -0.05) is 24.3 Å². The van der Waals surface area contributed by atoms with E-state index in [2.05, 4.69) is 40.8 Å². The Morgan fingerprint density at radius 1 is 1.08 bits per heavy atom. The molecular formula is C31H37FN4O2. The molecule has 1 aromatic heterocycles. The molecule has 200 valence electrons. The molecule has 2 heterocycles. The molecular weight excluding hydrogens is 479 g/mol. The number of benzene rings is 2. The monoisotopic (exact) mass is 516 g/mol. The maximum Gasteiger partial charge on any atom is 0.246 e. The summed E-state index contributed by atoms with van der Waals surface area (Å²) in [6, 6.07) is 13.1. The molecule has 7 heteroatoms. The van der Waals surface area contributed by atoms with Gasteiger partial charge in [-0.2, -0.15) is 0 Å². The molecule has 1 saturated carbocycles. The van der Waals surface area contributed by atoms with Gasteiger partial charge in [-0.25, -0.2) is 4.39 Å². The van der Waals surface area contributed by atoms with E-state index in [1.807, 2.05) is 13.0 Å². The highest BCUT2D eigenvalue weighted by Crippen LogP contribution is 2.37. The van der Waals surface area contributed by atoms with Gasteiger partial charge in [-0.3, -0.25) is 9.59 Å². The second-order valence-electron chi connectivity index (χ2n) is 10.9. The molecule has 0 spiro atoms. The van der Waals surface area contributed by atoms with E-state index in [-0.39, 0.29) is 35.6 Å². The van der Waals surface area contributed by atoms with Crippen LogP contribution in [0.3, 0.4) is 0 Å². The van der Waals surface area contributed by atoms with Crippen molar-refractivity contribution in [3.63, 3.8) is 0 Å². The fraction of sp³-hybridized carbons (Fsp3) is 0.419. The van der Waals surface area contributed by atoms with E-state index in [9.17, 15) is 14.0 Å². The van der Waals surface area contributed by atoms with Crippen molar-refractivity contribution in [3.8, 4) is 0 Å². The second kappa shape index (κ2) is 11.5. The SMILES string of the molecule is Cc1cc(F)cc(/C=C/C(=O)N2CCC(C(N[C@H]3CC[C@H](c4c[nH]c5ccccc54)CC3)C(N)=O)CC2)c1. The minimum absolute atomic E-state index is 0.0930. The number of likely N-dealkylation sites (tertiary alicyclic amines) is 1. The fourth-order valence-corrected chi connectivity index (χ4v) is 6.29. The zero-order valence-electron chi connectivity index (χ0n) is 22.0. The predicted molar refractivity (Wildman–Crippen MR) is 149 cm³/mol. The molecule has 38 heavy (non-hydrogen) atoms. The number of carbonyl (C=O) groups is 2. The zero-order chi connectivity index (χ0) is 26.6. The van der Waals surface area contributed by atoms with Crippen LogP contribution in [-0.4, -0.2) is 46.9 Å². The highest BCUT2D eigenvalue weighted by molar-refractivity contribution is 5.92. The van der Waals surface area contributed by atoms with Crippen LogP contribution in [0, 0.1) is 18.7 Å². The number of piperidine rings is 1. The third kappa shape index (κ3) is 5.99. The first-order valence-electron chi connectivity index (χ1n) is 13.7. The highest BCUT2D eigenvalue weighted by atomic mass is 19.1. The Balaban J connectivity index is 1.12. The Hall–Kier alpha value is -3.45. The molecule has 0 bridgehead atoms. The van der Waals surface area contributed by atoms with Crippen LogP contribution < -0.4 is 11.1 Å². The van der Waals surface area contributed by atoms with Crippen molar-refractivity contribution < 1.29 is 14.0 Å². The van der Waals surface area contributed by atoms with Crippen molar-refractivity contribution in [2.24, 2.45) is 11.7 Å². The first kappa shape index (κ1) is 26.2. The van der Waals surface area contributed by atoms with E-state index >= 15 is 0 Å². The van der Waals surface area contributed by atoms with Crippen molar-refractivity contribution in [1.29, 1.82) is 0 Å². The molecule has 1 saturated heterocycles. The van der Waals surface area contributed by atoms with E-state index in [4.69, 9.17) is 5.73 Å². The Bertz CT molecular complexity index is 1300. The van der Waals surface area contributed by atoms with Crippen LogP contribution in [0.5, 0.6) is 0 Å². The molecule has 5 rings (SSSR count). The number of hydrogen-bond donors (Lipinski definition) is 3. The number of aromatic nitrogens is 1. The van der Waals surface area contributed by atoms with Crippen LogP contribution in [0.1, 0.15) is 61.1 Å². The van der Waals surface area contributed by atoms with Gasteiger partial charge in [0.25, 0.3) is 0 Å². The van der Waals surface area contributed by atoms with Crippen LogP contribution >= 0.6 is 0 Å². The van der Waals surface area contributed by atoms with Gasteiger partial charge in [-0.15, -0.1) is 0 Å². The molecule has 3 aromatic rings. The number of H-pyrrole nitrogens is 1. The lowest BCUT2D eigenvalue weighted by atomic mass is 9.80. The predicted octanol–water partition coefficient (Wildman–Crippen LogP) is 5.04. The Kier molecular flexibility index (Phi) is 7.93. The van der Waals surface area contributed by atoms with Gasteiger partial charge in [0.15, 0.2) is 0 Å². The van der Waals surface area contributed by atoms with Gasteiger partial charge in [0.2, 0.25) is 11.8 Å². The smallest absolute Gasteiger partial charge is 0.246 e. The summed E-state index contributed by atoms with van der Waals surface area (Å²) in [5.74, 6) is -0.0821. The van der Waals surface area contributed by atoms with Crippen LogP contribution in [0.2, 0.25) is 0 Å². The van der Waals surface area contributed by atoms with Gasteiger partial charge >= 0.3 is 0 Å². The number of fused-ring (bicyclic) bond motifs is 1. The molecule has 4 N–H and O–H groups in total. The van der Waals surface area contributed by atoms with Gasteiger partial charge in [0, 0.05) is 42.3 Å². The lowest BCUT2D eigenvalue weighted by Gasteiger charge is -2.38. The van der Waals surface area contributed by atoms with E-state index in [1.54, 1.807) is 11.0 Å². The second-order valence-corrected chi connectivity index (χ2v) is 10.9. The summed E-state index contributed by atoms with van der Waals surface area (Å²) in [5, 5.41) is 4.90. The van der Waals surface area contributed by atoms with Crippen LogP contribution in [0.25, 0.3) is 17.0 Å². The van der Waals surface area contributed by atoms with Crippen molar-refractivity contribution >= 4 is 28.8 Å². The first-order chi connectivity index (χ1) is 18.4. The van der Waals surface area contributed by atoms with E-state index in [0.29, 0.717) is 24.6 Å². The van der Waals surface area contributed by atoms with Gasteiger partial charge in [0.1, 0.15) is 5.82 Å². The molecule has 1 aliphatic heterocycles. The van der Waals surface area contributed by atoms with Gasteiger partial charge in [-0.05, 0) is 98.2 Å². The number of nitrogens with two attached hydrogens (primary N) is 1. The number of primary amides is 1. The Morgan fingerprint density at radius 2 is 1.82 bits per heavy atom. The maximum absolute atomic E-state index is 13.6. The lowest BCUT2D eigenvalue weighted by molar-refractivity contribution is -0.128. The number of halogens is 1. The normalized spacial score (nSPS) is 21.7. The third-order valence-corrected chi connectivity index (χ3v) is 8.32. The topological polar surface area (TPSA) is 91.2 Å². The number of aryl methyl sites for hydroxylation is 1. The molecule has 1 atom stereocenters. The highest BCUT2D eigenvalue weighted by Gasteiger charge is 2.34. The summed E-state index contributed by atoms with van der Waals surface area (Å²) in [4.78, 5) is 30.3. The number of nitrogens with one attached hydrogen (secondary N) is 2. The Morgan fingerprint density at radius 3 is 2.53 bits per heavy atom. The maximum atomic E-state index is 13.6. The summed E-state index contributed by atoms with van der Waals surface area (Å²) in [5.41, 5.74) is 9.91. The number of amides is 2. The molecule has 1 unspecified atom stereocenters. The number of carbonyl (C=O) groups excluding carboxylic acids is 2. The third-order valence-electron chi connectivity index (χ3n) is 8.32. The standard InChI is InChI=1S/C31H37FN4O2/c1-20-16-21(18-24(32)17-20)6-11-29(37)36-14-12-23(13-15-36)30(31(33)38)35-25-9-7-22(8-10-25)27-19-34-28-5-3-2-4-26(27)28/h2-6,11,16-19,22-23,25,30,34-35H,7-10,12-15H2,1H3,(H2,33,38)/b11-6+/t22-,25-,30?. The fourth-order valence-electron chi connectivity index (χ4n) is 6.29. The quantitative estimate of drug-likeness (QED) is 0.385. The average Bonchev–Trinajstić information content (AvgIpc) is 3.34. The van der Waals surface area contributed by atoms with Crippen LogP contribution in [0.4, 0.5) is 4.39 Å². The van der Waals surface area contributed by atoms with Gasteiger partial charge in [0.05, 0.1) is 6.04 Å². The molecule has 1 aliphatic carbocycles. The molecule has 2 aliphatic rings. The molecule has 6 nitrogen and oxygen atoms in total. The van der Waals surface area contributed by atoms with Crippen molar-refractivity contribution in [2.45, 2.75) is 63.5 Å². The average molecular weight is 517 g/mol. The summed E-state index contributed by atoms with van der Waals surface area (Å²) < 4.78 is 13.6. The van der Waals surface area contributed by atoms with Crippen molar-refractivity contribution in [2.75, 3.05) is 13.1 Å². The Labute approximate surface area is 223 Å². The van der Waals surface area contributed by atoms with Crippen molar-refractivity contribution in [1.82, 2.24) is 15.2 Å². The summed E-state index contributed by atoms with van der Waals surface area (Å²) in [7, 11) is 0. The summed E-state index contributed by atoms with van der Waals surface area (Å²) in [6.07, 6.45) is 10.9. The van der Waals surface area contributed by atoms with Gasteiger partial charge < -0.3 is 20.9 Å². The number of hydrogen-bond acceptors (Lipinski definition) is 3. The van der Waals surface area contributed by atoms with E-state index in [1.165, 1.54) is 34.7 Å². The van der Waals surface area contributed by atoms with E-state index in [0.717, 1.165) is 44.1 Å². The largest absolute Gasteiger partial charge is 0.368 e. The first-order valence-corrected chi connectivity index (χ1v) is 13.7. The number of rotatable bonds is 7. The minimum atomic E-state index is -0.382. The number of nitrogens with zero attached hydrogens (tertiary/aromatic N) is 1. The van der Waals surface area contributed by atoms with Crippen LogP contribution in [0.15, 0.2) is 54.7 Å². The molecule has 2 fully saturated rings. The minimum Gasteiger partial charge on any atom is -0.368 e. The molecule has 2 amide bonds. The van der Waals surface area contributed by atoms with Crippen molar-refractivity contribution in [3.05, 3.63) is 77.2 Å². The lowest BCUT2D eigenvalue weighted by Crippen LogP contribution is -2.54. The number of para-hydroxylation sites is 1. The zero-order valence-corrected chi connectivity index (χ0v) is 22.0.